The Balaban J connectivity index is 1.57. The van der Waals surface area contributed by atoms with Crippen molar-refractivity contribution >= 4 is 5.96 Å². The zero-order valence-corrected chi connectivity index (χ0v) is 14.3. The van der Waals surface area contributed by atoms with Crippen LogP contribution in [0.2, 0.25) is 0 Å². The Bertz CT molecular complexity index is 532. The number of nitrogens with zero attached hydrogens (tertiary/aromatic N) is 3. The fourth-order valence-electron chi connectivity index (χ4n) is 3.88. The zero-order chi connectivity index (χ0) is 16.1. The van der Waals surface area contributed by atoms with E-state index in [0.29, 0.717) is 12.5 Å². The topological polar surface area (TPSA) is 49.8 Å². The molecule has 0 spiro atoms. The number of likely N-dealkylation sites (tertiary alicyclic amines) is 1. The van der Waals surface area contributed by atoms with Gasteiger partial charge in [0.05, 0.1) is 6.61 Å². The largest absolute Gasteiger partial charge is 0.478 e. The number of ether oxygens (including phenoxy) is 1. The molecule has 3 rings (SSSR count). The summed E-state index contributed by atoms with van der Waals surface area (Å²) in [6, 6.07) is 4.01. The van der Waals surface area contributed by atoms with E-state index in [1.807, 2.05) is 26.1 Å². The SMILES string of the molecule is CCOc1cc(CNC(=NC)N2CC3CCCCC3C2)ccn1. The van der Waals surface area contributed by atoms with Crippen LogP contribution in [0.25, 0.3) is 0 Å². The molecule has 1 aromatic rings. The van der Waals surface area contributed by atoms with Crippen molar-refractivity contribution < 1.29 is 4.74 Å². The van der Waals surface area contributed by atoms with Gasteiger partial charge in [0, 0.05) is 38.9 Å². The maximum atomic E-state index is 5.46. The smallest absolute Gasteiger partial charge is 0.213 e. The highest BCUT2D eigenvalue weighted by atomic mass is 16.5. The molecule has 1 aromatic heterocycles. The van der Waals surface area contributed by atoms with Gasteiger partial charge in [0.1, 0.15) is 0 Å². The van der Waals surface area contributed by atoms with Crippen molar-refractivity contribution in [3.63, 3.8) is 0 Å². The van der Waals surface area contributed by atoms with Crippen LogP contribution in [0, 0.1) is 11.8 Å². The predicted octanol–water partition coefficient (Wildman–Crippen LogP) is 2.68. The molecule has 1 aliphatic carbocycles. The molecule has 2 atom stereocenters. The minimum atomic E-state index is 0.641. The van der Waals surface area contributed by atoms with Gasteiger partial charge in [-0.1, -0.05) is 12.8 Å². The molecule has 2 unspecified atom stereocenters. The molecule has 2 heterocycles. The van der Waals surface area contributed by atoms with E-state index in [-0.39, 0.29) is 0 Å². The number of nitrogens with one attached hydrogen (secondary N) is 1. The maximum absolute atomic E-state index is 5.46. The minimum Gasteiger partial charge on any atom is -0.478 e. The van der Waals surface area contributed by atoms with E-state index < -0.39 is 0 Å². The van der Waals surface area contributed by atoms with Crippen LogP contribution >= 0.6 is 0 Å². The number of guanidine groups is 1. The molecule has 0 bridgehead atoms. The number of rotatable bonds is 4. The van der Waals surface area contributed by atoms with Gasteiger partial charge in [-0.25, -0.2) is 4.98 Å². The summed E-state index contributed by atoms with van der Waals surface area (Å²) in [7, 11) is 1.88. The fourth-order valence-corrected chi connectivity index (χ4v) is 3.88. The summed E-state index contributed by atoms with van der Waals surface area (Å²) < 4.78 is 5.46. The van der Waals surface area contributed by atoms with Crippen LogP contribution in [0.1, 0.15) is 38.2 Å². The van der Waals surface area contributed by atoms with Gasteiger partial charge in [-0.05, 0) is 43.2 Å². The second-order valence-electron chi connectivity index (χ2n) is 6.55. The number of fused-ring (bicyclic) bond motifs is 1. The molecule has 23 heavy (non-hydrogen) atoms. The number of aliphatic imine (C=N–C) groups is 1. The second kappa shape index (κ2) is 7.66. The first-order chi connectivity index (χ1) is 11.3. The van der Waals surface area contributed by atoms with Gasteiger partial charge in [-0.2, -0.15) is 0 Å². The Morgan fingerprint density at radius 3 is 2.74 bits per heavy atom. The average Bonchev–Trinajstić information content (AvgIpc) is 3.00. The third-order valence-corrected chi connectivity index (χ3v) is 5.03. The van der Waals surface area contributed by atoms with E-state index in [1.165, 1.54) is 31.2 Å². The minimum absolute atomic E-state index is 0.641. The van der Waals surface area contributed by atoms with Crippen LogP contribution in [0.4, 0.5) is 0 Å². The Hall–Kier alpha value is -1.78. The van der Waals surface area contributed by atoms with E-state index in [2.05, 4.69) is 20.2 Å². The van der Waals surface area contributed by atoms with Gasteiger partial charge in [-0.15, -0.1) is 0 Å². The van der Waals surface area contributed by atoms with Crippen molar-refractivity contribution in [2.45, 2.75) is 39.2 Å². The highest BCUT2D eigenvalue weighted by Gasteiger charge is 2.35. The molecular formula is C18H28N4O. The number of pyridine rings is 1. The predicted molar refractivity (Wildman–Crippen MR) is 92.6 cm³/mol. The Labute approximate surface area is 139 Å². The molecule has 1 saturated heterocycles. The molecule has 1 saturated carbocycles. The van der Waals surface area contributed by atoms with Gasteiger partial charge in [-0.3, -0.25) is 4.99 Å². The molecule has 126 valence electrons. The highest BCUT2D eigenvalue weighted by molar-refractivity contribution is 5.80. The average molecular weight is 316 g/mol. The van der Waals surface area contributed by atoms with Crippen molar-refractivity contribution in [3.05, 3.63) is 23.9 Å². The summed E-state index contributed by atoms with van der Waals surface area (Å²) in [6.45, 7) is 5.68. The summed E-state index contributed by atoms with van der Waals surface area (Å²) in [4.78, 5) is 11.1. The Kier molecular flexibility index (Phi) is 5.36. The molecule has 1 aliphatic heterocycles. The standard InChI is InChI=1S/C18H28N4O/c1-3-23-17-10-14(8-9-20-17)11-21-18(19-2)22-12-15-6-4-5-7-16(15)13-22/h8-10,15-16H,3-7,11-13H2,1-2H3,(H,19,21). The molecule has 0 aromatic carbocycles. The number of hydrogen-bond acceptors (Lipinski definition) is 3. The number of aromatic nitrogens is 1. The van der Waals surface area contributed by atoms with Gasteiger partial charge < -0.3 is 15.0 Å². The van der Waals surface area contributed by atoms with Gasteiger partial charge >= 0.3 is 0 Å². The van der Waals surface area contributed by atoms with E-state index >= 15 is 0 Å². The normalized spacial score (nSPS) is 24.4. The number of hydrogen-bond donors (Lipinski definition) is 1. The van der Waals surface area contributed by atoms with E-state index in [0.717, 1.165) is 37.4 Å². The van der Waals surface area contributed by atoms with Crippen LogP contribution in [0.5, 0.6) is 5.88 Å². The van der Waals surface area contributed by atoms with Crippen molar-refractivity contribution in [1.82, 2.24) is 15.2 Å². The van der Waals surface area contributed by atoms with E-state index in [4.69, 9.17) is 4.74 Å². The summed E-state index contributed by atoms with van der Waals surface area (Å²) in [6.07, 6.45) is 7.38. The summed E-state index contributed by atoms with van der Waals surface area (Å²) >= 11 is 0. The first-order valence-corrected chi connectivity index (χ1v) is 8.83. The summed E-state index contributed by atoms with van der Waals surface area (Å²) in [5.41, 5.74) is 1.17. The molecule has 2 fully saturated rings. The second-order valence-corrected chi connectivity index (χ2v) is 6.55. The van der Waals surface area contributed by atoms with Gasteiger partial charge in [0.25, 0.3) is 0 Å². The summed E-state index contributed by atoms with van der Waals surface area (Å²) in [5.74, 6) is 3.45. The van der Waals surface area contributed by atoms with E-state index in [1.54, 1.807) is 6.20 Å². The summed E-state index contributed by atoms with van der Waals surface area (Å²) in [5, 5.41) is 3.50. The third kappa shape index (κ3) is 3.95. The monoisotopic (exact) mass is 316 g/mol. The molecule has 1 N–H and O–H groups in total. The molecule has 0 radical (unpaired) electrons. The Morgan fingerprint density at radius 2 is 2.09 bits per heavy atom. The molecule has 2 aliphatic rings. The van der Waals surface area contributed by atoms with Crippen LogP contribution in [0.15, 0.2) is 23.3 Å². The first kappa shape index (κ1) is 16.1. The molecular weight excluding hydrogens is 288 g/mol. The lowest BCUT2D eigenvalue weighted by Gasteiger charge is -2.22. The van der Waals surface area contributed by atoms with Crippen LogP contribution in [-0.2, 0) is 6.54 Å². The van der Waals surface area contributed by atoms with Crippen LogP contribution in [-0.4, -0.2) is 42.6 Å². The zero-order valence-electron chi connectivity index (χ0n) is 14.3. The van der Waals surface area contributed by atoms with Crippen LogP contribution in [0.3, 0.4) is 0 Å². The molecule has 5 nitrogen and oxygen atoms in total. The van der Waals surface area contributed by atoms with Crippen molar-refractivity contribution in [2.24, 2.45) is 16.8 Å². The van der Waals surface area contributed by atoms with Crippen molar-refractivity contribution in [3.8, 4) is 5.88 Å². The lowest BCUT2D eigenvalue weighted by molar-refractivity contribution is 0.299. The van der Waals surface area contributed by atoms with Crippen LogP contribution < -0.4 is 10.1 Å². The third-order valence-electron chi connectivity index (χ3n) is 5.03. The van der Waals surface area contributed by atoms with Crippen molar-refractivity contribution in [1.29, 1.82) is 0 Å². The Morgan fingerprint density at radius 1 is 1.35 bits per heavy atom. The molecule has 5 heteroatoms. The molecule has 0 amide bonds. The first-order valence-electron chi connectivity index (χ1n) is 8.83. The maximum Gasteiger partial charge on any atom is 0.213 e. The highest BCUT2D eigenvalue weighted by Crippen LogP contribution is 2.35. The lowest BCUT2D eigenvalue weighted by atomic mass is 9.82. The van der Waals surface area contributed by atoms with Gasteiger partial charge in [0.2, 0.25) is 5.88 Å². The fraction of sp³-hybridized carbons (Fsp3) is 0.667. The van der Waals surface area contributed by atoms with E-state index in [9.17, 15) is 0 Å². The van der Waals surface area contributed by atoms with Crippen molar-refractivity contribution in [2.75, 3.05) is 26.7 Å². The lowest BCUT2D eigenvalue weighted by Crippen LogP contribution is -2.39. The quantitative estimate of drug-likeness (QED) is 0.685. The van der Waals surface area contributed by atoms with Gasteiger partial charge in [0.15, 0.2) is 5.96 Å².